The maximum absolute atomic E-state index is 12.6. The lowest BCUT2D eigenvalue weighted by Crippen LogP contribution is -2.30. The molecule has 32 heavy (non-hydrogen) atoms. The third-order valence-electron chi connectivity index (χ3n) is 4.77. The molecule has 0 bridgehead atoms. The van der Waals surface area contributed by atoms with Crippen molar-refractivity contribution in [1.29, 1.82) is 0 Å². The Labute approximate surface area is 185 Å². The predicted molar refractivity (Wildman–Crippen MR) is 121 cm³/mol. The number of hydrogen-bond donors (Lipinski definition) is 2. The van der Waals surface area contributed by atoms with Gasteiger partial charge in [-0.05, 0) is 43.7 Å². The zero-order chi connectivity index (χ0) is 23.1. The van der Waals surface area contributed by atoms with Crippen LogP contribution in [0.5, 0.6) is 5.75 Å². The van der Waals surface area contributed by atoms with Gasteiger partial charge in [0.2, 0.25) is 0 Å². The molecule has 0 heterocycles. The van der Waals surface area contributed by atoms with Crippen LogP contribution >= 0.6 is 0 Å². The monoisotopic (exact) mass is 433 g/mol. The molecule has 0 aliphatic heterocycles. The van der Waals surface area contributed by atoms with E-state index in [1.165, 1.54) is 25.1 Å². The molecule has 8 nitrogen and oxygen atoms in total. The van der Waals surface area contributed by atoms with E-state index in [1.54, 1.807) is 30.3 Å². The number of nitrogens with zero attached hydrogens (tertiary/aromatic N) is 1. The highest BCUT2D eigenvalue weighted by Gasteiger charge is 2.21. The molecule has 3 rings (SSSR count). The summed E-state index contributed by atoms with van der Waals surface area (Å²) >= 11 is 0. The highest BCUT2D eigenvalue weighted by molar-refractivity contribution is 5.98. The molecule has 8 heteroatoms. The van der Waals surface area contributed by atoms with Crippen molar-refractivity contribution < 1.29 is 19.2 Å². The number of nitro groups is 1. The summed E-state index contributed by atoms with van der Waals surface area (Å²) < 4.78 is 5.49. The third kappa shape index (κ3) is 5.69. The standard InChI is InChI=1S/C24H23N3O5/c1-16(18-9-4-3-5-10-18)25-24(29)19-11-8-12-20(15-19)26-23(28)17(2)32-22-14-7-6-13-21(22)27(30)31/h3-17H,1-2H3,(H,25,29)(H,26,28). The minimum atomic E-state index is -0.994. The molecular formula is C24H23N3O5. The summed E-state index contributed by atoms with van der Waals surface area (Å²) in [6, 6.07) is 21.7. The fraction of sp³-hybridized carbons (Fsp3) is 0.167. The molecule has 0 fully saturated rings. The zero-order valence-electron chi connectivity index (χ0n) is 17.6. The van der Waals surface area contributed by atoms with E-state index in [0.717, 1.165) is 5.56 Å². The number of para-hydroxylation sites is 2. The maximum Gasteiger partial charge on any atom is 0.310 e. The van der Waals surface area contributed by atoms with Crippen LogP contribution in [0, 0.1) is 10.1 Å². The highest BCUT2D eigenvalue weighted by atomic mass is 16.6. The minimum Gasteiger partial charge on any atom is -0.474 e. The van der Waals surface area contributed by atoms with Crippen molar-refractivity contribution in [2.75, 3.05) is 5.32 Å². The number of rotatable bonds is 8. The fourth-order valence-corrected chi connectivity index (χ4v) is 3.04. The largest absolute Gasteiger partial charge is 0.474 e. The Kier molecular flexibility index (Phi) is 7.17. The van der Waals surface area contributed by atoms with E-state index in [2.05, 4.69) is 10.6 Å². The molecule has 3 aromatic rings. The van der Waals surface area contributed by atoms with Crippen LogP contribution in [-0.2, 0) is 4.79 Å². The molecule has 0 saturated heterocycles. The van der Waals surface area contributed by atoms with Gasteiger partial charge in [-0.25, -0.2) is 0 Å². The number of carbonyl (C=O) groups is 2. The smallest absolute Gasteiger partial charge is 0.310 e. The molecule has 2 unspecified atom stereocenters. The van der Waals surface area contributed by atoms with E-state index in [-0.39, 0.29) is 23.4 Å². The van der Waals surface area contributed by atoms with Gasteiger partial charge in [0.15, 0.2) is 11.9 Å². The average molecular weight is 433 g/mol. The van der Waals surface area contributed by atoms with Gasteiger partial charge >= 0.3 is 5.69 Å². The van der Waals surface area contributed by atoms with Crippen molar-refractivity contribution in [3.63, 3.8) is 0 Å². The number of amides is 2. The molecule has 0 saturated carbocycles. The Morgan fingerprint density at radius 1 is 0.938 bits per heavy atom. The van der Waals surface area contributed by atoms with Crippen LogP contribution in [0.25, 0.3) is 0 Å². The zero-order valence-corrected chi connectivity index (χ0v) is 17.6. The minimum absolute atomic E-state index is 0.00294. The Bertz CT molecular complexity index is 1120. The molecule has 0 radical (unpaired) electrons. The lowest BCUT2D eigenvalue weighted by atomic mass is 10.1. The molecule has 2 atom stereocenters. The van der Waals surface area contributed by atoms with E-state index < -0.39 is 16.9 Å². The molecule has 0 spiro atoms. The van der Waals surface area contributed by atoms with Gasteiger partial charge in [-0.3, -0.25) is 19.7 Å². The highest BCUT2D eigenvalue weighted by Crippen LogP contribution is 2.27. The molecule has 2 amide bonds. The van der Waals surface area contributed by atoms with E-state index in [9.17, 15) is 19.7 Å². The second kappa shape index (κ2) is 10.2. The molecule has 2 N–H and O–H groups in total. The van der Waals surface area contributed by atoms with Crippen molar-refractivity contribution in [2.45, 2.75) is 26.0 Å². The van der Waals surface area contributed by atoms with Crippen LogP contribution in [0.3, 0.4) is 0 Å². The molecule has 0 aromatic heterocycles. The second-order valence-electron chi connectivity index (χ2n) is 7.16. The van der Waals surface area contributed by atoms with E-state index in [1.807, 2.05) is 37.3 Å². The SMILES string of the molecule is CC(Oc1ccccc1[N+](=O)[O-])C(=O)Nc1cccc(C(=O)NC(C)c2ccccc2)c1. The number of nitro benzene ring substituents is 1. The average Bonchev–Trinajstić information content (AvgIpc) is 2.80. The number of benzene rings is 3. The van der Waals surface area contributed by atoms with Gasteiger partial charge in [-0.2, -0.15) is 0 Å². The topological polar surface area (TPSA) is 111 Å². The van der Waals surface area contributed by atoms with Crippen molar-refractivity contribution in [1.82, 2.24) is 5.32 Å². The summed E-state index contributed by atoms with van der Waals surface area (Å²) in [6.45, 7) is 3.38. The van der Waals surface area contributed by atoms with E-state index in [0.29, 0.717) is 11.3 Å². The Hall–Kier alpha value is -4.20. The summed E-state index contributed by atoms with van der Waals surface area (Å²) in [5.74, 6) is -0.775. The molecular weight excluding hydrogens is 410 g/mol. The summed E-state index contributed by atoms with van der Waals surface area (Å²) in [7, 11) is 0. The van der Waals surface area contributed by atoms with Gasteiger partial charge < -0.3 is 15.4 Å². The summed E-state index contributed by atoms with van der Waals surface area (Å²) in [5, 5.41) is 16.7. The van der Waals surface area contributed by atoms with Crippen LogP contribution in [0.15, 0.2) is 78.9 Å². The fourth-order valence-electron chi connectivity index (χ4n) is 3.04. The van der Waals surface area contributed by atoms with Gasteiger partial charge in [0, 0.05) is 17.3 Å². The Morgan fingerprint density at radius 2 is 1.62 bits per heavy atom. The number of carbonyl (C=O) groups excluding carboxylic acids is 2. The molecule has 0 aliphatic rings. The van der Waals surface area contributed by atoms with Gasteiger partial charge in [0.05, 0.1) is 11.0 Å². The maximum atomic E-state index is 12.6. The normalized spacial score (nSPS) is 12.3. The van der Waals surface area contributed by atoms with Crippen LogP contribution < -0.4 is 15.4 Å². The van der Waals surface area contributed by atoms with Gasteiger partial charge in [0.25, 0.3) is 11.8 Å². The first-order chi connectivity index (χ1) is 15.3. The lowest BCUT2D eigenvalue weighted by Gasteiger charge is -2.16. The second-order valence-corrected chi connectivity index (χ2v) is 7.16. The van der Waals surface area contributed by atoms with Crippen molar-refractivity contribution in [3.05, 3.63) is 100 Å². The van der Waals surface area contributed by atoms with Crippen LogP contribution in [0.1, 0.15) is 35.8 Å². The van der Waals surface area contributed by atoms with Crippen molar-refractivity contribution in [3.8, 4) is 5.75 Å². The molecule has 3 aromatic carbocycles. The van der Waals surface area contributed by atoms with Crippen LogP contribution in [-0.4, -0.2) is 22.8 Å². The number of ether oxygens (including phenoxy) is 1. The third-order valence-corrected chi connectivity index (χ3v) is 4.77. The summed E-state index contributed by atoms with van der Waals surface area (Å²) in [4.78, 5) is 35.7. The van der Waals surface area contributed by atoms with Crippen LogP contribution in [0.2, 0.25) is 0 Å². The summed E-state index contributed by atoms with van der Waals surface area (Å²) in [6.07, 6.45) is -0.994. The molecule has 0 aliphatic carbocycles. The first kappa shape index (κ1) is 22.5. The Balaban J connectivity index is 1.64. The van der Waals surface area contributed by atoms with Gasteiger partial charge in [-0.1, -0.05) is 48.5 Å². The first-order valence-electron chi connectivity index (χ1n) is 10.0. The summed E-state index contributed by atoms with van der Waals surface area (Å²) in [5.41, 5.74) is 1.55. The first-order valence-corrected chi connectivity index (χ1v) is 10.0. The number of nitrogens with one attached hydrogen (secondary N) is 2. The quantitative estimate of drug-likeness (QED) is 0.402. The van der Waals surface area contributed by atoms with Crippen LogP contribution in [0.4, 0.5) is 11.4 Å². The van der Waals surface area contributed by atoms with Crippen molar-refractivity contribution >= 4 is 23.2 Å². The van der Waals surface area contributed by atoms with E-state index >= 15 is 0 Å². The van der Waals surface area contributed by atoms with Crippen molar-refractivity contribution in [2.24, 2.45) is 0 Å². The van der Waals surface area contributed by atoms with E-state index in [4.69, 9.17) is 4.74 Å². The number of hydrogen-bond acceptors (Lipinski definition) is 5. The van der Waals surface area contributed by atoms with Gasteiger partial charge in [0.1, 0.15) is 0 Å². The molecule has 164 valence electrons. The lowest BCUT2D eigenvalue weighted by molar-refractivity contribution is -0.386. The van der Waals surface area contributed by atoms with Gasteiger partial charge in [-0.15, -0.1) is 0 Å². The Morgan fingerprint density at radius 3 is 2.34 bits per heavy atom. The predicted octanol–water partition coefficient (Wildman–Crippen LogP) is 4.49. The number of anilines is 1.